The maximum absolute atomic E-state index is 2.52. The van der Waals surface area contributed by atoms with Crippen LogP contribution in [0.1, 0.15) is 46.0 Å². The Morgan fingerprint density at radius 3 is 1.38 bits per heavy atom. The smallest absolute Gasteiger partial charge is 0.0107 e. The van der Waals surface area contributed by atoms with Crippen molar-refractivity contribution in [1.29, 1.82) is 0 Å². The van der Waals surface area contributed by atoms with E-state index in [4.69, 9.17) is 0 Å². The molecule has 0 aromatic heterocycles. The highest BCUT2D eigenvalue weighted by Crippen LogP contribution is 2.13. The first-order chi connectivity index (χ1) is 11.5. The number of nitrogens with zero attached hydrogens (tertiary/aromatic N) is 4. The number of likely N-dealkylation sites (tertiary alicyclic amines) is 2. The zero-order valence-corrected chi connectivity index (χ0v) is 17.3. The third-order valence-corrected chi connectivity index (χ3v) is 5.63. The molecule has 4 heteroatoms. The minimum atomic E-state index is 0.978. The molecule has 0 aliphatic carbocycles. The van der Waals surface area contributed by atoms with E-state index >= 15 is 0 Å². The van der Waals surface area contributed by atoms with Gasteiger partial charge in [0.15, 0.2) is 0 Å². The zero-order chi connectivity index (χ0) is 17.8. The van der Waals surface area contributed by atoms with Crippen molar-refractivity contribution in [3.05, 3.63) is 0 Å². The molecule has 3 aliphatic heterocycles. The summed E-state index contributed by atoms with van der Waals surface area (Å²) in [4.78, 5) is 9.64. The van der Waals surface area contributed by atoms with E-state index < -0.39 is 0 Å². The standard InChI is InChI=1S/2C7H15N.C6H14N2/c1-7-3-5-8(2)6-4-7;1-2-8-6-4-3-5-7-8;1-7-3-5-8(2)6-4-7/h7H,3-6H2,1-2H3;2-7H2,1H3;3-6H2,1-2H3. The highest BCUT2D eigenvalue weighted by molar-refractivity contribution is 4.65. The molecule has 0 aromatic carbocycles. The summed E-state index contributed by atoms with van der Waals surface area (Å²) in [6.45, 7) is 16.1. The molecule has 0 saturated carbocycles. The lowest BCUT2D eigenvalue weighted by Gasteiger charge is -2.28. The number of hydrogen-bond acceptors (Lipinski definition) is 4. The van der Waals surface area contributed by atoms with Crippen molar-refractivity contribution >= 4 is 0 Å². The van der Waals surface area contributed by atoms with Crippen LogP contribution in [0.2, 0.25) is 0 Å². The fourth-order valence-electron chi connectivity index (χ4n) is 3.32. The van der Waals surface area contributed by atoms with Crippen molar-refractivity contribution < 1.29 is 0 Å². The van der Waals surface area contributed by atoms with E-state index in [1.165, 1.54) is 91.0 Å². The summed E-state index contributed by atoms with van der Waals surface area (Å²) in [5, 5.41) is 0. The second-order valence-corrected chi connectivity index (χ2v) is 8.09. The van der Waals surface area contributed by atoms with Crippen molar-refractivity contribution in [3.8, 4) is 0 Å². The molecular weight excluding hydrogens is 296 g/mol. The Bertz CT molecular complexity index is 235. The molecule has 0 bridgehead atoms. The van der Waals surface area contributed by atoms with E-state index in [1.54, 1.807) is 0 Å². The average molecular weight is 341 g/mol. The first-order valence-electron chi connectivity index (χ1n) is 10.3. The van der Waals surface area contributed by atoms with Gasteiger partial charge in [0.05, 0.1) is 0 Å². The van der Waals surface area contributed by atoms with Gasteiger partial charge in [0.2, 0.25) is 0 Å². The predicted octanol–water partition coefficient (Wildman–Crippen LogP) is 2.70. The van der Waals surface area contributed by atoms with Crippen LogP contribution in [0.25, 0.3) is 0 Å². The molecule has 3 aliphatic rings. The Labute approximate surface area is 152 Å². The van der Waals surface area contributed by atoms with Gasteiger partial charge in [0.25, 0.3) is 0 Å². The molecular formula is C20H44N4. The lowest BCUT2D eigenvalue weighted by molar-refractivity contribution is 0.181. The number of piperazine rings is 1. The van der Waals surface area contributed by atoms with Crippen molar-refractivity contribution in [2.45, 2.75) is 46.0 Å². The molecule has 3 rings (SSSR count). The van der Waals surface area contributed by atoms with Gasteiger partial charge in [-0.1, -0.05) is 20.3 Å². The van der Waals surface area contributed by atoms with Gasteiger partial charge in [0.1, 0.15) is 0 Å². The van der Waals surface area contributed by atoms with Crippen LogP contribution in [0, 0.1) is 5.92 Å². The summed E-state index contributed by atoms with van der Waals surface area (Å²) in [5.41, 5.74) is 0. The molecule has 4 nitrogen and oxygen atoms in total. The van der Waals surface area contributed by atoms with Gasteiger partial charge in [-0.3, -0.25) is 0 Å². The molecule has 3 heterocycles. The van der Waals surface area contributed by atoms with Gasteiger partial charge >= 0.3 is 0 Å². The van der Waals surface area contributed by atoms with Crippen LogP contribution in [0.5, 0.6) is 0 Å². The highest BCUT2D eigenvalue weighted by Gasteiger charge is 2.10. The summed E-state index contributed by atoms with van der Waals surface area (Å²) in [5.74, 6) is 0.978. The number of piperidine rings is 2. The van der Waals surface area contributed by atoms with E-state index in [1.807, 2.05) is 0 Å². The molecule has 0 N–H and O–H groups in total. The third kappa shape index (κ3) is 10.7. The summed E-state index contributed by atoms with van der Waals surface area (Å²) in [6.07, 6.45) is 7.10. The maximum Gasteiger partial charge on any atom is 0.0107 e. The number of hydrogen-bond donors (Lipinski definition) is 0. The monoisotopic (exact) mass is 340 g/mol. The molecule has 0 radical (unpaired) electrons. The Morgan fingerprint density at radius 2 is 1.04 bits per heavy atom. The molecule has 0 atom stereocenters. The molecule has 0 unspecified atom stereocenters. The molecule has 0 amide bonds. The van der Waals surface area contributed by atoms with E-state index in [2.05, 4.69) is 54.6 Å². The van der Waals surface area contributed by atoms with Gasteiger partial charge < -0.3 is 19.6 Å². The summed E-state index contributed by atoms with van der Waals surface area (Å²) < 4.78 is 0. The lowest BCUT2D eigenvalue weighted by atomic mass is 10.00. The first-order valence-corrected chi connectivity index (χ1v) is 10.3. The van der Waals surface area contributed by atoms with Crippen molar-refractivity contribution in [2.24, 2.45) is 5.92 Å². The topological polar surface area (TPSA) is 13.0 Å². The summed E-state index contributed by atoms with van der Waals surface area (Å²) >= 11 is 0. The Balaban J connectivity index is 0.000000180. The molecule has 0 spiro atoms. The second kappa shape index (κ2) is 13.1. The van der Waals surface area contributed by atoms with Crippen LogP contribution >= 0.6 is 0 Å². The van der Waals surface area contributed by atoms with E-state index in [0.29, 0.717) is 0 Å². The fraction of sp³-hybridized carbons (Fsp3) is 1.00. The SMILES string of the molecule is CC1CCN(C)CC1.CCN1CCCCC1.CN1CCN(C)CC1. The Kier molecular flexibility index (Phi) is 11.9. The molecule has 3 fully saturated rings. The van der Waals surface area contributed by atoms with Crippen molar-refractivity contribution in [1.82, 2.24) is 19.6 Å². The maximum atomic E-state index is 2.52. The van der Waals surface area contributed by atoms with Crippen molar-refractivity contribution in [2.75, 3.05) is 80.0 Å². The first kappa shape index (κ1) is 21.9. The molecule has 0 aromatic rings. The average Bonchev–Trinajstić information content (AvgIpc) is 2.62. The number of likely N-dealkylation sites (N-methyl/N-ethyl adjacent to an activating group) is 2. The van der Waals surface area contributed by atoms with Gasteiger partial charge in [-0.2, -0.15) is 0 Å². The highest BCUT2D eigenvalue weighted by atomic mass is 15.2. The minimum Gasteiger partial charge on any atom is -0.306 e. The predicted molar refractivity (Wildman–Crippen MR) is 107 cm³/mol. The largest absolute Gasteiger partial charge is 0.306 e. The van der Waals surface area contributed by atoms with Gasteiger partial charge in [-0.05, 0) is 85.5 Å². The van der Waals surface area contributed by atoms with Gasteiger partial charge in [0, 0.05) is 26.2 Å². The van der Waals surface area contributed by atoms with Crippen molar-refractivity contribution in [3.63, 3.8) is 0 Å². The number of rotatable bonds is 1. The molecule has 144 valence electrons. The summed E-state index contributed by atoms with van der Waals surface area (Å²) in [7, 11) is 6.55. The third-order valence-electron chi connectivity index (χ3n) is 5.63. The van der Waals surface area contributed by atoms with Crippen LogP contribution in [0.3, 0.4) is 0 Å². The summed E-state index contributed by atoms with van der Waals surface area (Å²) in [6, 6.07) is 0. The van der Waals surface area contributed by atoms with Crippen LogP contribution in [0.15, 0.2) is 0 Å². The zero-order valence-electron chi connectivity index (χ0n) is 17.3. The molecule has 3 saturated heterocycles. The Hall–Kier alpha value is -0.160. The fourth-order valence-corrected chi connectivity index (χ4v) is 3.32. The van der Waals surface area contributed by atoms with E-state index in [0.717, 1.165) is 5.92 Å². The van der Waals surface area contributed by atoms with Gasteiger partial charge in [-0.25, -0.2) is 0 Å². The molecule has 24 heavy (non-hydrogen) atoms. The Morgan fingerprint density at radius 1 is 0.625 bits per heavy atom. The second-order valence-electron chi connectivity index (χ2n) is 8.09. The minimum absolute atomic E-state index is 0.978. The van der Waals surface area contributed by atoms with Crippen LogP contribution in [-0.4, -0.2) is 99.6 Å². The normalized spacial score (nSPS) is 25.4. The quantitative estimate of drug-likeness (QED) is 0.727. The van der Waals surface area contributed by atoms with E-state index in [-0.39, 0.29) is 0 Å². The lowest BCUT2D eigenvalue weighted by Crippen LogP contribution is -2.42. The van der Waals surface area contributed by atoms with E-state index in [9.17, 15) is 0 Å². The van der Waals surface area contributed by atoms with Crippen LogP contribution in [0.4, 0.5) is 0 Å². The van der Waals surface area contributed by atoms with Crippen LogP contribution < -0.4 is 0 Å². The van der Waals surface area contributed by atoms with Gasteiger partial charge in [-0.15, -0.1) is 0 Å². The van der Waals surface area contributed by atoms with Crippen LogP contribution in [-0.2, 0) is 0 Å².